The van der Waals surface area contributed by atoms with E-state index in [2.05, 4.69) is 15.6 Å². The van der Waals surface area contributed by atoms with Gasteiger partial charge in [0.1, 0.15) is 23.0 Å². The fraction of sp³-hybridized carbons (Fsp3) is 0.381. The zero-order valence-electron chi connectivity index (χ0n) is 16.5. The summed E-state index contributed by atoms with van der Waals surface area (Å²) in [4.78, 5) is 4.53. The predicted octanol–water partition coefficient (Wildman–Crippen LogP) is 4.86. The average Bonchev–Trinajstić information content (AvgIpc) is 2.58. The molecule has 150 valence electrons. The van der Waals surface area contributed by atoms with E-state index < -0.39 is 11.5 Å². The lowest BCUT2D eigenvalue weighted by Gasteiger charge is -2.37. The molecule has 7 heteroatoms. The van der Waals surface area contributed by atoms with Gasteiger partial charge in [-0.1, -0.05) is 11.6 Å². The topological polar surface area (TPSA) is 54.9 Å². The first-order valence-corrected chi connectivity index (χ1v) is 9.56. The maximum atomic E-state index is 13.5. The number of morpholine rings is 1. The number of hydrogen-bond donors (Lipinski definition) is 2. The van der Waals surface area contributed by atoms with Crippen molar-refractivity contribution in [2.75, 3.05) is 13.1 Å². The third kappa shape index (κ3) is 5.22. The number of ether oxygens (including phenoxy) is 2. The summed E-state index contributed by atoms with van der Waals surface area (Å²) in [7, 11) is 0. The summed E-state index contributed by atoms with van der Waals surface area (Å²) in [6, 6.07) is 7.92. The SMILES string of the molecule is Cc1cc(Oc2cc(F)cc(Cl)c2)c(C)cc1/N=C/NC1(C)CNCC(C)O1. The molecule has 5 nitrogen and oxygen atoms in total. The van der Waals surface area contributed by atoms with Gasteiger partial charge in [-0.05, 0) is 63.1 Å². The van der Waals surface area contributed by atoms with Crippen molar-refractivity contribution >= 4 is 23.6 Å². The van der Waals surface area contributed by atoms with E-state index in [0.29, 0.717) is 23.1 Å². The van der Waals surface area contributed by atoms with E-state index in [-0.39, 0.29) is 6.10 Å². The Morgan fingerprint density at radius 1 is 1.29 bits per heavy atom. The molecule has 2 N–H and O–H groups in total. The molecule has 2 unspecified atom stereocenters. The van der Waals surface area contributed by atoms with Gasteiger partial charge in [-0.3, -0.25) is 0 Å². The van der Waals surface area contributed by atoms with Gasteiger partial charge in [0.05, 0.1) is 18.1 Å². The van der Waals surface area contributed by atoms with Crippen LogP contribution in [0.25, 0.3) is 0 Å². The van der Waals surface area contributed by atoms with Gasteiger partial charge in [0, 0.05) is 24.2 Å². The zero-order chi connectivity index (χ0) is 20.3. The van der Waals surface area contributed by atoms with Crippen molar-refractivity contribution in [1.82, 2.24) is 10.6 Å². The largest absolute Gasteiger partial charge is 0.457 e. The maximum Gasteiger partial charge on any atom is 0.149 e. The fourth-order valence-electron chi connectivity index (χ4n) is 3.10. The Labute approximate surface area is 169 Å². The number of halogens is 2. The first-order chi connectivity index (χ1) is 13.2. The average molecular weight is 406 g/mol. The molecule has 2 aromatic rings. The highest BCUT2D eigenvalue weighted by molar-refractivity contribution is 6.30. The van der Waals surface area contributed by atoms with Crippen molar-refractivity contribution in [3.63, 3.8) is 0 Å². The molecule has 1 fully saturated rings. The van der Waals surface area contributed by atoms with Crippen molar-refractivity contribution in [2.24, 2.45) is 4.99 Å². The van der Waals surface area contributed by atoms with Gasteiger partial charge in [0.2, 0.25) is 0 Å². The first kappa shape index (κ1) is 20.6. The lowest BCUT2D eigenvalue weighted by Crippen LogP contribution is -2.58. The Balaban J connectivity index is 1.72. The van der Waals surface area contributed by atoms with E-state index in [1.54, 1.807) is 12.4 Å². The molecule has 0 bridgehead atoms. The molecule has 0 amide bonds. The van der Waals surface area contributed by atoms with Crippen LogP contribution in [0.5, 0.6) is 11.5 Å². The van der Waals surface area contributed by atoms with Crippen molar-refractivity contribution in [3.8, 4) is 11.5 Å². The van der Waals surface area contributed by atoms with Crippen LogP contribution in [0.2, 0.25) is 5.02 Å². The summed E-state index contributed by atoms with van der Waals surface area (Å²) in [6.45, 7) is 9.41. The van der Waals surface area contributed by atoms with Gasteiger partial charge in [-0.25, -0.2) is 9.38 Å². The molecule has 28 heavy (non-hydrogen) atoms. The predicted molar refractivity (Wildman–Crippen MR) is 111 cm³/mol. The molecule has 1 heterocycles. The molecule has 1 aliphatic heterocycles. The van der Waals surface area contributed by atoms with Gasteiger partial charge >= 0.3 is 0 Å². The van der Waals surface area contributed by atoms with Crippen molar-refractivity contribution in [3.05, 3.63) is 52.3 Å². The molecule has 2 atom stereocenters. The Morgan fingerprint density at radius 3 is 2.79 bits per heavy atom. The second-order valence-electron chi connectivity index (χ2n) is 7.30. The second-order valence-corrected chi connectivity index (χ2v) is 7.74. The molecular weight excluding hydrogens is 381 g/mol. The van der Waals surface area contributed by atoms with Crippen LogP contribution in [0.1, 0.15) is 25.0 Å². The standard InChI is InChI=1S/C21H25ClFN3O2/c1-13-6-20(27-18-8-16(22)7-17(23)9-18)14(2)5-19(13)25-12-26-21(4)11-24-10-15(3)28-21/h5-9,12,15,24H,10-11H2,1-4H3,(H,25,26). The summed E-state index contributed by atoms with van der Waals surface area (Å²) >= 11 is 5.89. The summed E-state index contributed by atoms with van der Waals surface area (Å²) < 4.78 is 25.3. The van der Waals surface area contributed by atoms with Gasteiger partial charge in [-0.15, -0.1) is 0 Å². The molecule has 0 saturated carbocycles. The van der Waals surface area contributed by atoms with Crippen LogP contribution < -0.4 is 15.4 Å². The minimum Gasteiger partial charge on any atom is -0.457 e. The minimum atomic E-state index is -0.496. The summed E-state index contributed by atoms with van der Waals surface area (Å²) in [6.07, 6.45) is 1.80. The fourth-order valence-corrected chi connectivity index (χ4v) is 3.31. The van der Waals surface area contributed by atoms with Gasteiger partial charge in [0.25, 0.3) is 0 Å². The Morgan fingerprint density at radius 2 is 2.07 bits per heavy atom. The van der Waals surface area contributed by atoms with E-state index in [0.717, 1.165) is 23.4 Å². The number of aliphatic imine (C=N–C) groups is 1. The molecule has 0 aliphatic carbocycles. The van der Waals surface area contributed by atoms with Crippen LogP contribution in [-0.2, 0) is 4.74 Å². The quantitative estimate of drug-likeness (QED) is 0.550. The molecule has 0 radical (unpaired) electrons. The van der Waals surface area contributed by atoms with Crippen LogP contribution in [0.4, 0.5) is 10.1 Å². The van der Waals surface area contributed by atoms with Crippen molar-refractivity contribution < 1.29 is 13.9 Å². The molecule has 1 aliphatic rings. The Hall–Kier alpha value is -2.15. The number of rotatable bonds is 5. The van der Waals surface area contributed by atoms with Crippen LogP contribution in [0, 0.1) is 19.7 Å². The molecule has 0 spiro atoms. The lowest BCUT2D eigenvalue weighted by molar-refractivity contribution is -0.105. The van der Waals surface area contributed by atoms with Crippen LogP contribution in [-0.4, -0.2) is 31.3 Å². The Kier molecular flexibility index (Phi) is 6.23. The minimum absolute atomic E-state index is 0.136. The monoisotopic (exact) mass is 405 g/mol. The smallest absolute Gasteiger partial charge is 0.149 e. The van der Waals surface area contributed by atoms with Gasteiger partial charge < -0.3 is 20.1 Å². The number of nitrogens with zero attached hydrogens (tertiary/aromatic N) is 1. The highest BCUT2D eigenvalue weighted by atomic mass is 35.5. The highest BCUT2D eigenvalue weighted by Crippen LogP contribution is 2.32. The van der Waals surface area contributed by atoms with E-state index in [9.17, 15) is 4.39 Å². The molecule has 1 saturated heterocycles. The zero-order valence-corrected chi connectivity index (χ0v) is 17.2. The number of hydrogen-bond acceptors (Lipinski definition) is 4. The molecule has 2 aromatic carbocycles. The summed E-state index contributed by atoms with van der Waals surface area (Å²) in [5.74, 6) is 0.549. The van der Waals surface area contributed by atoms with E-state index in [4.69, 9.17) is 21.1 Å². The second kappa shape index (κ2) is 8.47. The van der Waals surface area contributed by atoms with Crippen molar-refractivity contribution in [1.29, 1.82) is 0 Å². The van der Waals surface area contributed by atoms with E-state index in [1.165, 1.54) is 12.1 Å². The van der Waals surface area contributed by atoms with Crippen LogP contribution in [0.15, 0.2) is 35.3 Å². The van der Waals surface area contributed by atoms with E-state index >= 15 is 0 Å². The van der Waals surface area contributed by atoms with E-state index in [1.807, 2.05) is 39.8 Å². The summed E-state index contributed by atoms with van der Waals surface area (Å²) in [5, 5.41) is 6.85. The molecular formula is C21H25ClFN3O2. The lowest BCUT2D eigenvalue weighted by atomic mass is 10.1. The first-order valence-electron chi connectivity index (χ1n) is 9.18. The van der Waals surface area contributed by atoms with Crippen LogP contribution >= 0.6 is 11.6 Å². The summed E-state index contributed by atoms with van der Waals surface area (Å²) in [5.41, 5.74) is 2.13. The number of benzene rings is 2. The third-order valence-electron chi connectivity index (χ3n) is 4.49. The highest BCUT2D eigenvalue weighted by Gasteiger charge is 2.29. The number of aryl methyl sites for hydroxylation is 2. The maximum absolute atomic E-state index is 13.5. The molecule has 0 aromatic heterocycles. The normalized spacial score (nSPS) is 22.4. The van der Waals surface area contributed by atoms with Crippen molar-refractivity contribution in [2.45, 2.75) is 39.5 Å². The number of nitrogens with one attached hydrogen (secondary N) is 2. The molecule has 3 rings (SSSR count). The Bertz CT molecular complexity index is 870. The van der Waals surface area contributed by atoms with Gasteiger partial charge in [0.15, 0.2) is 0 Å². The van der Waals surface area contributed by atoms with Gasteiger partial charge in [-0.2, -0.15) is 0 Å². The third-order valence-corrected chi connectivity index (χ3v) is 4.70. The van der Waals surface area contributed by atoms with Crippen LogP contribution in [0.3, 0.4) is 0 Å².